The van der Waals surface area contributed by atoms with Crippen molar-refractivity contribution in [1.29, 1.82) is 0 Å². The molecule has 0 unspecified atom stereocenters. The van der Waals surface area contributed by atoms with E-state index in [0.29, 0.717) is 17.1 Å². The van der Waals surface area contributed by atoms with Crippen LogP contribution in [0, 0.1) is 13.8 Å². The topological polar surface area (TPSA) is 35.5 Å². The molecule has 3 nitrogen and oxygen atoms in total. The average molecular weight is 349 g/mol. The summed E-state index contributed by atoms with van der Waals surface area (Å²) in [5.74, 6) is 1.17. The molecule has 0 aliphatic rings. The number of Topliss-reactive ketones (excluding diaryl/α,β-unsaturated/α-hetero) is 1. The lowest BCUT2D eigenvalue weighted by Crippen LogP contribution is -2.13. The molecule has 0 saturated carbocycles. The van der Waals surface area contributed by atoms with Gasteiger partial charge in [-0.3, -0.25) is 4.79 Å². The number of halogens is 1. The third kappa shape index (κ3) is 3.85. The molecule has 0 aliphatic heterocycles. The number of ketones is 1. The summed E-state index contributed by atoms with van der Waals surface area (Å²) in [5.41, 5.74) is 2.57. The highest BCUT2D eigenvalue weighted by Gasteiger charge is 2.13. The summed E-state index contributed by atoms with van der Waals surface area (Å²) in [5, 5.41) is 0. The van der Waals surface area contributed by atoms with Gasteiger partial charge in [0, 0.05) is 4.47 Å². The molecule has 0 amide bonds. The summed E-state index contributed by atoms with van der Waals surface area (Å²) >= 11 is 3.39. The number of rotatable bonds is 5. The zero-order valence-electron chi connectivity index (χ0n) is 12.3. The van der Waals surface area contributed by atoms with E-state index in [4.69, 9.17) is 9.47 Å². The van der Waals surface area contributed by atoms with Gasteiger partial charge in [0.05, 0.1) is 12.7 Å². The number of hydrogen-bond donors (Lipinski definition) is 0. The molecule has 2 aromatic carbocycles. The van der Waals surface area contributed by atoms with Gasteiger partial charge in [0.15, 0.2) is 6.61 Å². The second-order valence-corrected chi connectivity index (χ2v) is 5.74. The van der Waals surface area contributed by atoms with Gasteiger partial charge in [-0.2, -0.15) is 0 Å². The Balaban J connectivity index is 2.13. The largest absolute Gasteiger partial charge is 0.496 e. The molecule has 2 rings (SSSR count). The maximum absolute atomic E-state index is 12.3. The van der Waals surface area contributed by atoms with Crippen molar-refractivity contribution in [2.45, 2.75) is 13.8 Å². The van der Waals surface area contributed by atoms with E-state index < -0.39 is 0 Å². The van der Waals surface area contributed by atoms with E-state index in [0.717, 1.165) is 15.6 Å². The van der Waals surface area contributed by atoms with Crippen LogP contribution in [-0.2, 0) is 0 Å². The first-order chi connectivity index (χ1) is 10.0. The lowest BCUT2D eigenvalue weighted by atomic mass is 10.1. The lowest BCUT2D eigenvalue weighted by molar-refractivity contribution is 0.0918. The zero-order chi connectivity index (χ0) is 15.4. The van der Waals surface area contributed by atoms with Crippen LogP contribution in [-0.4, -0.2) is 19.5 Å². The van der Waals surface area contributed by atoms with Crippen molar-refractivity contribution in [2.24, 2.45) is 0 Å². The van der Waals surface area contributed by atoms with Gasteiger partial charge in [-0.25, -0.2) is 0 Å². The van der Waals surface area contributed by atoms with E-state index in [1.807, 2.05) is 44.2 Å². The Hall–Kier alpha value is -1.81. The number of benzene rings is 2. The Morgan fingerprint density at radius 3 is 2.57 bits per heavy atom. The number of carbonyl (C=O) groups is 1. The van der Waals surface area contributed by atoms with E-state index in [1.165, 1.54) is 0 Å². The second-order valence-electron chi connectivity index (χ2n) is 4.83. The van der Waals surface area contributed by atoms with Gasteiger partial charge >= 0.3 is 0 Å². The normalized spacial score (nSPS) is 10.3. The standard InChI is InChI=1S/C17H17BrO3/c1-11-4-7-14(17(8-11)20-3)15(19)10-21-16-9-13(18)6-5-12(16)2/h4-9H,10H2,1-3H3. The highest BCUT2D eigenvalue weighted by molar-refractivity contribution is 9.10. The minimum atomic E-state index is -0.105. The Morgan fingerprint density at radius 1 is 1.10 bits per heavy atom. The molecule has 0 bridgehead atoms. The van der Waals surface area contributed by atoms with Crippen LogP contribution < -0.4 is 9.47 Å². The third-order valence-electron chi connectivity index (χ3n) is 3.17. The second kappa shape index (κ2) is 6.76. The van der Waals surface area contributed by atoms with E-state index in [-0.39, 0.29) is 12.4 Å². The van der Waals surface area contributed by atoms with Crippen LogP contribution in [0.4, 0.5) is 0 Å². The molecule has 0 aromatic heterocycles. The van der Waals surface area contributed by atoms with Gasteiger partial charge in [0.25, 0.3) is 0 Å². The van der Waals surface area contributed by atoms with Crippen molar-refractivity contribution in [2.75, 3.05) is 13.7 Å². The molecular formula is C17H17BrO3. The van der Waals surface area contributed by atoms with Gasteiger partial charge in [0.2, 0.25) is 5.78 Å². The van der Waals surface area contributed by atoms with E-state index in [1.54, 1.807) is 13.2 Å². The van der Waals surface area contributed by atoms with Crippen molar-refractivity contribution >= 4 is 21.7 Å². The number of hydrogen-bond acceptors (Lipinski definition) is 3. The predicted octanol–water partition coefficient (Wildman–Crippen LogP) is 4.34. The van der Waals surface area contributed by atoms with Crippen molar-refractivity contribution in [1.82, 2.24) is 0 Å². The molecular weight excluding hydrogens is 332 g/mol. The summed E-state index contributed by atoms with van der Waals surface area (Å²) in [6.45, 7) is 3.88. The Labute approximate surface area is 133 Å². The molecule has 2 aromatic rings. The highest BCUT2D eigenvalue weighted by atomic mass is 79.9. The minimum absolute atomic E-state index is 0.0171. The number of aryl methyl sites for hydroxylation is 2. The number of methoxy groups -OCH3 is 1. The van der Waals surface area contributed by atoms with Crippen LogP contribution in [0.1, 0.15) is 21.5 Å². The molecule has 0 spiro atoms. The molecule has 0 fully saturated rings. The van der Waals surface area contributed by atoms with Gasteiger partial charge in [-0.15, -0.1) is 0 Å². The minimum Gasteiger partial charge on any atom is -0.496 e. The Kier molecular flexibility index (Phi) is 5.02. The molecule has 0 aliphatic carbocycles. The number of ether oxygens (including phenoxy) is 2. The van der Waals surface area contributed by atoms with Crippen LogP contribution in [0.5, 0.6) is 11.5 Å². The molecule has 0 heterocycles. The van der Waals surface area contributed by atoms with Crippen LogP contribution in [0.25, 0.3) is 0 Å². The molecule has 4 heteroatoms. The lowest BCUT2D eigenvalue weighted by Gasteiger charge is -2.11. The molecule has 0 radical (unpaired) electrons. The zero-order valence-corrected chi connectivity index (χ0v) is 13.9. The highest BCUT2D eigenvalue weighted by Crippen LogP contribution is 2.24. The van der Waals surface area contributed by atoms with Gasteiger partial charge < -0.3 is 9.47 Å². The van der Waals surface area contributed by atoms with Crippen LogP contribution in [0.2, 0.25) is 0 Å². The fourth-order valence-corrected chi connectivity index (χ4v) is 2.32. The summed E-state index contributed by atoms with van der Waals surface area (Å²) in [6, 6.07) is 11.2. The first-order valence-corrected chi connectivity index (χ1v) is 7.37. The fraction of sp³-hybridized carbons (Fsp3) is 0.235. The first kappa shape index (κ1) is 15.6. The van der Waals surface area contributed by atoms with Crippen LogP contribution in [0.15, 0.2) is 40.9 Å². The fourth-order valence-electron chi connectivity index (χ4n) is 1.98. The SMILES string of the molecule is COc1cc(C)ccc1C(=O)COc1cc(Br)ccc1C. The summed E-state index contributed by atoms with van der Waals surface area (Å²) in [6.07, 6.45) is 0. The van der Waals surface area contributed by atoms with E-state index in [2.05, 4.69) is 15.9 Å². The molecule has 110 valence electrons. The third-order valence-corrected chi connectivity index (χ3v) is 3.66. The van der Waals surface area contributed by atoms with Crippen molar-refractivity contribution in [3.63, 3.8) is 0 Å². The van der Waals surface area contributed by atoms with E-state index >= 15 is 0 Å². The smallest absolute Gasteiger partial charge is 0.203 e. The monoisotopic (exact) mass is 348 g/mol. The number of carbonyl (C=O) groups excluding carboxylic acids is 1. The van der Waals surface area contributed by atoms with Gasteiger partial charge in [0.1, 0.15) is 11.5 Å². The Bertz CT molecular complexity index is 665. The van der Waals surface area contributed by atoms with Crippen molar-refractivity contribution < 1.29 is 14.3 Å². The van der Waals surface area contributed by atoms with Crippen LogP contribution >= 0.6 is 15.9 Å². The molecule has 0 atom stereocenters. The summed E-state index contributed by atoms with van der Waals surface area (Å²) in [4.78, 5) is 12.3. The van der Waals surface area contributed by atoms with E-state index in [9.17, 15) is 4.79 Å². The predicted molar refractivity (Wildman–Crippen MR) is 86.4 cm³/mol. The Morgan fingerprint density at radius 2 is 1.86 bits per heavy atom. The molecule has 0 saturated heterocycles. The summed E-state index contributed by atoms with van der Waals surface area (Å²) in [7, 11) is 1.56. The van der Waals surface area contributed by atoms with Gasteiger partial charge in [-0.1, -0.05) is 28.1 Å². The maximum Gasteiger partial charge on any atom is 0.203 e. The quantitative estimate of drug-likeness (QED) is 0.754. The van der Waals surface area contributed by atoms with Crippen molar-refractivity contribution in [3.05, 3.63) is 57.6 Å². The molecule has 21 heavy (non-hydrogen) atoms. The van der Waals surface area contributed by atoms with Gasteiger partial charge in [-0.05, 0) is 49.2 Å². The maximum atomic E-state index is 12.3. The summed E-state index contributed by atoms with van der Waals surface area (Å²) < 4.78 is 11.8. The van der Waals surface area contributed by atoms with Crippen molar-refractivity contribution in [3.8, 4) is 11.5 Å². The molecule has 0 N–H and O–H groups in total. The first-order valence-electron chi connectivity index (χ1n) is 6.58. The average Bonchev–Trinajstić information content (AvgIpc) is 2.47. The van der Waals surface area contributed by atoms with Crippen LogP contribution in [0.3, 0.4) is 0 Å².